The fraction of sp³-hybridized carbons (Fsp3) is 0. The van der Waals surface area contributed by atoms with Crippen LogP contribution in [0.5, 0.6) is 0 Å². The minimum Gasteiger partial charge on any atom is -0.301 e. The minimum atomic E-state index is 1.24. The lowest BCUT2D eigenvalue weighted by atomic mass is 9.99. The van der Waals surface area contributed by atoms with Gasteiger partial charge in [0.15, 0.2) is 0 Å². The van der Waals surface area contributed by atoms with Gasteiger partial charge in [-0.1, -0.05) is 121 Å². The highest BCUT2D eigenvalue weighted by Crippen LogP contribution is 2.46. The zero-order valence-corrected chi connectivity index (χ0v) is 22.8. The van der Waals surface area contributed by atoms with Gasteiger partial charge in [-0.2, -0.15) is 0 Å². The molecule has 0 bridgehead atoms. The maximum Gasteiger partial charge on any atom is 0.110 e. The Kier molecular flexibility index (Phi) is 4.10. The number of thiophene rings is 1. The van der Waals surface area contributed by atoms with E-state index in [0.29, 0.717) is 0 Å². The van der Waals surface area contributed by atoms with E-state index in [1.54, 1.807) is 0 Å². The van der Waals surface area contributed by atoms with Crippen LogP contribution in [-0.4, -0.2) is 8.97 Å². The van der Waals surface area contributed by atoms with Crippen molar-refractivity contribution in [2.45, 2.75) is 0 Å². The summed E-state index contributed by atoms with van der Waals surface area (Å²) in [5.41, 5.74) is 7.60. The highest BCUT2D eigenvalue weighted by atomic mass is 32.1. The van der Waals surface area contributed by atoms with E-state index in [-0.39, 0.29) is 0 Å². The zero-order chi connectivity index (χ0) is 26.7. The van der Waals surface area contributed by atoms with Crippen molar-refractivity contribution >= 4 is 81.3 Å². The van der Waals surface area contributed by atoms with Gasteiger partial charge in [0.25, 0.3) is 0 Å². The normalized spacial score (nSPS) is 12.4. The largest absolute Gasteiger partial charge is 0.301 e. The summed E-state index contributed by atoms with van der Waals surface area (Å²) in [7, 11) is 0. The maximum absolute atomic E-state index is 2.52. The molecule has 0 unspecified atom stereocenters. The second-order valence-electron chi connectivity index (χ2n) is 10.9. The summed E-state index contributed by atoms with van der Waals surface area (Å²) in [5, 5.41) is 11.7. The Hall–Kier alpha value is -5.12. The van der Waals surface area contributed by atoms with Crippen LogP contribution < -0.4 is 0 Å². The lowest BCUT2D eigenvalue weighted by molar-refractivity contribution is 1.22. The molecule has 0 fully saturated rings. The predicted molar refractivity (Wildman–Crippen MR) is 176 cm³/mol. The van der Waals surface area contributed by atoms with Crippen molar-refractivity contribution in [2.75, 3.05) is 0 Å². The predicted octanol–water partition coefficient (Wildman–Crippen LogP) is 10.8. The zero-order valence-electron chi connectivity index (χ0n) is 22.0. The summed E-state index contributed by atoms with van der Waals surface area (Å²) in [6, 6.07) is 49.0. The van der Waals surface area contributed by atoms with Gasteiger partial charge in [0.2, 0.25) is 0 Å². The topological polar surface area (TPSA) is 9.34 Å². The number of pyridine rings is 1. The number of hydrogen-bond donors (Lipinski definition) is 0. The van der Waals surface area contributed by atoms with Crippen molar-refractivity contribution in [1.82, 2.24) is 8.97 Å². The third kappa shape index (κ3) is 2.71. The average Bonchev–Trinajstić information content (AvgIpc) is 3.71. The first kappa shape index (κ1) is 21.7. The molecule has 0 atom stereocenters. The number of para-hydroxylation sites is 2. The van der Waals surface area contributed by atoms with Crippen molar-refractivity contribution in [2.24, 2.45) is 0 Å². The molecule has 0 radical (unpaired) electrons. The quantitative estimate of drug-likeness (QED) is 0.207. The van der Waals surface area contributed by atoms with E-state index in [9.17, 15) is 0 Å². The fourth-order valence-electron chi connectivity index (χ4n) is 7.21. The van der Waals surface area contributed by atoms with Gasteiger partial charge < -0.3 is 4.57 Å². The Balaban J connectivity index is 1.40. The number of nitrogens with zero attached hydrogens (tertiary/aromatic N) is 2. The van der Waals surface area contributed by atoms with Gasteiger partial charge in [0.1, 0.15) is 9.83 Å². The van der Waals surface area contributed by atoms with Crippen LogP contribution in [0.3, 0.4) is 0 Å². The molecule has 2 nitrogen and oxygen atoms in total. The van der Waals surface area contributed by atoms with Crippen LogP contribution in [-0.2, 0) is 0 Å². The summed E-state index contributed by atoms with van der Waals surface area (Å²) < 4.78 is 5.00. The van der Waals surface area contributed by atoms with E-state index in [2.05, 4.69) is 142 Å². The average molecular weight is 539 g/mol. The van der Waals surface area contributed by atoms with Gasteiger partial charge in [-0.3, -0.25) is 4.40 Å². The molecule has 0 spiro atoms. The number of rotatable bonds is 2. The molecule has 190 valence electrons. The molecule has 6 aromatic carbocycles. The van der Waals surface area contributed by atoms with Gasteiger partial charge in [-0.15, -0.1) is 0 Å². The molecule has 41 heavy (non-hydrogen) atoms. The molecular weight excluding hydrogens is 516 g/mol. The molecule has 4 aromatic heterocycles. The van der Waals surface area contributed by atoms with Crippen molar-refractivity contribution in [3.63, 3.8) is 0 Å². The first-order valence-electron chi connectivity index (χ1n) is 14.0. The lowest BCUT2D eigenvalue weighted by Crippen LogP contribution is -1.89. The maximum atomic E-state index is 2.52. The number of hydrogen-bond acceptors (Lipinski definition) is 1. The molecular formula is C38H22N2S. The van der Waals surface area contributed by atoms with Crippen LogP contribution in [0.15, 0.2) is 133 Å². The minimum absolute atomic E-state index is 1.24. The molecule has 3 heteroatoms. The Morgan fingerprint density at radius 1 is 0.463 bits per heavy atom. The fourth-order valence-corrected chi connectivity index (χ4v) is 8.44. The van der Waals surface area contributed by atoms with Crippen LogP contribution in [0.25, 0.3) is 86.1 Å². The van der Waals surface area contributed by atoms with Crippen LogP contribution in [0.4, 0.5) is 0 Å². The van der Waals surface area contributed by atoms with E-state index in [4.69, 9.17) is 0 Å². The Labute approximate surface area is 239 Å². The summed E-state index contributed by atoms with van der Waals surface area (Å²) in [6.07, 6.45) is 0. The molecule has 0 aliphatic carbocycles. The highest BCUT2D eigenvalue weighted by molar-refractivity contribution is 7.21. The van der Waals surface area contributed by atoms with E-state index in [0.717, 1.165) is 0 Å². The molecule has 0 saturated heterocycles. The third-order valence-corrected chi connectivity index (χ3v) is 9.98. The standard InChI is InChI=1S/C38H22N2S/c1-2-10-23(11-3-1)25-15-9-19-33-36(25)29-14-5-7-18-32(29)39(33)34-22-30-27-16-8-12-24-20-21-28-26-13-4-6-17-31(26)40(38(30)41-34)37(28)35(24)27/h1-22H. The first-order chi connectivity index (χ1) is 20.4. The van der Waals surface area contributed by atoms with Crippen LogP contribution in [0, 0.1) is 0 Å². The Morgan fingerprint density at radius 3 is 2.10 bits per heavy atom. The summed E-state index contributed by atoms with van der Waals surface area (Å²) in [4.78, 5) is 1.29. The number of fused-ring (bicyclic) bond motifs is 9. The number of aromatic nitrogens is 2. The van der Waals surface area contributed by atoms with Crippen LogP contribution in [0.2, 0.25) is 0 Å². The van der Waals surface area contributed by atoms with Gasteiger partial charge in [-0.25, -0.2) is 0 Å². The monoisotopic (exact) mass is 538 g/mol. The molecule has 0 aliphatic heterocycles. The molecule has 0 N–H and O–H groups in total. The van der Waals surface area contributed by atoms with E-state index in [1.165, 1.54) is 86.1 Å². The molecule has 0 amide bonds. The summed E-state index contributed by atoms with van der Waals surface area (Å²) in [5.74, 6) is 0. The SMILES string of the molecule is c1ccc(-c2cccc3c2c2ccccc2n3-c2cc3c4cccc5ccc6c7ccccc7n(c3s2)c6c54)cc1. The van der Waals surface area contributed by atoms with Crippen molar-refractivity contribution in [1.29, 1.82) is 0 Å². The van der Waals surface area contributed by atoms with E-state index in [1.807, 2.05) is 11.3 Å². The first-order valence-corrected chi connectivity index (χ1v) is 14.9. The molecule has 0 aliphatic rings. The van der Waals surface area contributed by atoms with Gasteiger partial charge in [0, 0.05) is 32.3 Å². The lowest BCUT2D eigenvalue weighted by Gasteiger charge is -2.09. The highest BCUT2D eigenvalue weighted by Gasteiger charge is 2.22. The third-order valence-electron chi connectivity index (χ3n) is 8.87. The van der Waals surface area contributed by atoms with E-state index >= 15 is 0 Å². The van der Waals surface area contributed by atoms with Crippen LogP contribution >= 0.6 is 11.3 Å². The van der Waals surface area contributed by atoms with Crippen molar-refractivity contribution in [3.05, 3.63) is 133 Å². The van der Waals surface area contributed by atoms with Gasteiger partial charge in [0.05, 0.1) is 22.1 Å². The molecule has 0 saturated carbocycles. The van der Waals surface area contributed by atoms with Gasteiger partial charge in [-0.05, 0) is 46.2 Å². The second-order valence-corrected chi connectivity index (χ2v) is 11.9. The Morgan fingerprint density at radius 2 is 1.20 bits per heavy atom. The molecule has 10 rings (SSSR count). The van der Waals surface area contributed by atoms with Crippen molar-refractivity contribution in [3.8, 4) is 16.1 Å². The van der Waals surface area contributed by atoms with Crippen molar-refractivity contribution < 1.29 is 0 Å². The molecule has 4 heterocycles. The van der Waals surface area contributed by atoms with E-state index < -0.39 is 0 Å². The number of benzene rings is 6. The summed E-state index contributed by atoms with van der Waals surface area (Å²) in [6.45, 7) is 0. The smallest absolute Gasteiger partial charge is 0.110 e. The summed E-state index contributed by atoms with van der Waals surface area (Å²) >= 11 is 1.89. The second kappa shape index (κ2) is 7.75. The van der Waals surface area contributed by atoms with Crippen LogP contribution in [0.1, 0.15) is 0 Å². The Bertz CT molecular complexity index is 2630. The molecule has 10 aromatic rings. The van der Waals surface area contributed by atoms with Gasteiger partial charge >= 0.3 is 0 Å².